The Morgan fingerprint density at radius 2 is 1.69 bits per heavy atom. The second kappa shape index (κ2) is 8.51. The van der Waals surface area contributed by atoms with Gasteiger partial charge in [0.15, 0.2) is 5.76 Å². The molecule has 0 unspecified atom stereocenters. The lowest BCUT2D eigenvalue weighted by Crippen LogP contribution is -2.50. The zero-order chi connectivity index (χ0) is 20.1. The summed E-state index contributed by atoms with van der Waals surface area (Å²) in [5, 5.41) is 3.11. The lowest BCUT2D eigenvalue weighted by Gasteiger charge is -2.34. The highest BCUT2D eigenvalue weighted by Gasteiger charge is 2.27. The van der Waals surface area contributed by atoms with Crippen molar-refractivity contribution in [2.75, 3.05) is 31.5 Å². The van der Waals surface area contributed by atoms with Crippen molar-refractivity contribution in [2.45, 2.75) is 6.54 Å². The predicted molar refractivity (Wildman–Crippen MR) is 104 cm³/mol. The quantitative estimate of drug-likeness (QED) is 0.704. The molecule has 4 heterocycles. The van der Waals surface area contributed by atoms with E-state index in [2.05, 4.69) is 20.3 Å². The van der Waals surface area contributed by atoms with Crippen molar-refractivity contribution in [3.63, 3.8) is 0 Å². The molecule has 3 aromatic rings. The highest BCUT2D eigenvalue weighted by atomic mass is 16.3. The number of carbonyl (C=O) groups excluding carboxylic acids is 2. The van der Waals surface area contributed by atoms with Gasteiger partial charge in [0, 0.05) is 51.3 Å². The molecule has 0 spiro atoms. The van der Waals surface area contributed by atoms with Crippen molar-refractivity contribution in [3.05, 3.63) is 72.2 Å². The van der Waals surface area contributed by atoms with Crippen molar-refractivity contribution in [3.8, 4) is 0 Å². The van der Waals surface area contributed by atoms with Crippen molar-refractivity contribution in [1.82, 2.24) is 24.8 Å². The van der Waals surface area contributed by atoms with E-state index >= 15 is 0 Å². The number of nitrogens with one attached hydrogen (secondary N) is 1. The van der Waals surface area contributed by atoms with Crippen LogP contribution in [0.25, 0.3) is 0 Å². The highest BCUT2D eigenvalue weighted by molar-refractivity contribution is 5.93. The molecule has 0 atom stereocenters. The Labute approximate surface area is 167 Å². The fraction of sp³-hybridized carbons (Fsp3) is 0.250. The van der Waals surface area contributed by atoms with E-state index in [1.165, 1.54) is 6.26 Å². The number of furan rings is 1. The Morgan fingerprint density at radius 1 is 0.966 bits per heavy atom. The zero-order valence-electron chi connectivity index (χ0n) is 15.7. The van der Waals surface area contributed by atoms with Crippen molar-refractivity contribution in [1.29, 1.82) is 0 Å². The zero-order valence-corrected chi connectivity index (χ0v) is 15.7. The second-order valence-electron chi connectivity index (χ2n) is 6.54. The number of anilines is 1. The van der Waals surface area contributed by atoms with E-state index in [9.17, 15) is 9.59 Å². The van der Waals surface area contributed by atoms with Gasteiger partial charge in [-0.2, -0.15) is 0 Å². The first-order valence-electron chi connectivity index (χ1n) is 9.28. The average molecular weight is 392 g/mol. The van der Waals surface area contributed by atoms with E-state index in [1.807, 2.05) is 12.1 Å². The molecule has 0 aromatic carbocycles. The van der Waals surface area contributed by atoms with Crippen LogP contribution in [0.4, 0.5) is 5.95 Å². The molecule has 3 aromatic heterocycles. The van der Waals surface area contributed by atoms with Crippen LogP contribution in [-0.4, -0.2) is 62.7 Å². The van der Waals surface area contributed by atoms with Gasteiger partial charge in [-0.3, -0.25) is 14.6 Å². The second-order valence-corrected chi connectivity index (χ2v) is 6.54. The summed E-state index contributed by atoms with van der Waals surface area (Å²) in [5.41, 5.74) is 1.36. The number of amides is 2. The van der Waals surface area contributed by atoms with Gasteiger partial charge in [0.2, 0.25) is 5.95 Å². The van der Waals surface area contributed by atoms with E-state index in [0.717, 1.165) is 5.56 Å². The van der Waals surface area contributed by atoms with Crippen molar-refractivity contribution in [2.24, 2.45) is 0 Å². The van der Waals surface area contributed by atoms with E-state index in [0.29, 0.717) is 50.1 Å². The minimum absolute atomic E-state index is 0.160. The first-order valence-corrected chi connectivity index (χ1v) is 9.28. The monoisotopic (exact) mass is 392 g/mol. The molecule has 29 heavy (non-hydrogen) atoms. The van der Waals surface area contributed by atoms with Gasteiger partial charge in [0.25, 0.3) is 11.8 Å². The molecule has 4 rings (SSSR count). The van der Waals surface area contributed by atoms with Gasteiger partial charge in [0.1, 0.15) is 5.69 Å². The minimum Gasteiger partial charge on any atom is -0.459 e. The number of carbonyl (C=O) groups is 2. The van der Waals surface area contributed by atoms with Crippen LogP contribution < -0.4 is 5.32 Å². The smallest absolute Gasteiger partial charge is 0.289 e. The molecule has 0 aliphatic carbocycles. The molecule has 1 fully saturated rings. The van der Waals surface area contributed by atoms with Gasteiger partial charge in [-0.15, -0.1) is 0 Å². The standard InChI is InChI=1S/C20H20N6O3/c27-18(25-9-11-26(12-10-25)19(28)17-2-1-13-29-17)16-5-8-22-20(24-16)23-14-15-3-6-21-7-4-15/h1-8,13H,9-12,14H2,(H,22,23,24). The number of aromatic nitrogens is 3. The third kappa shape index (κ3) is 4.40. The van der Waals surface area contributed by atoms with Crippen molar-refractivity contribution < 1.29 is 14.0 Å². The fourth-order valence-corrected chi connectivity index (χ4v) is 3.08. The van der Waals surface area contributed by atoms with Crippen LogP contribution in [0.2, 0.25) is 0 Å². The van der Waals surface area contributed by atoms with Gasteiger partial charge in [-0.25, -0.2) is 9.97 Å². The Balaban J connectivity index is 1.34. The molecule has 9 nitrogen and oxygen atoms in total. The molecular weight excluding hydrogens is 372 g/mol. The van der Waals surface area contributed by atoms with Crippen LogP contribution in [0, 0.1) is 0 Å². The summed E-state index contributed by atoms with van der Waals surface area (Å²) in [5.74, 6) is 0.362. The molecule has 0 bridgehead atoms. The van der Waals surface area contributed by atoms with Gasteiger partial charge >= 0.3 is 0 Å². The SMILES string of the molecule is O=C(c1ccnc(NCc2ccncc2)n1)N1CCN(C(=O)c2ccco2)CC1. The molecular formula is C20H20N6O3. The number of rotatable bonds is 5. The lowest BCUT2D eigenvalue weighted by atomic mass is 10.2. The normalized spacial score (nSPS) is 13.9. The summed E-state index contributed by atoms with van der Waals surface area (Å²) in [4.78, 5) is 41.0. The van der Waals surface area contributed by atoms with E-state index in [-0.39, 0.29) is 11.8 Å². The number of hydrogen-bond acceptors (Lipinski definition) is 7. The number of piperazine rings is 1. The number of hydrogen-bond donors (Lipinski definition) is 1. The number of pyridine rings is 1. The Bertz CT molecular complexity index is 969. The number of nitrogens with zero attached hydrogens (tertiary/aromatic N) is 5. The molecule has 148 valence electrons. The van der Waals surface area contributed by atoms with E-state index in [1.54, 1.807) is 46.6 Å². The largest absolute Gasteiger partial charge is 0.459 e. The first-order chi connectivity index (χ1) is 14.2. The maximum absolute atomic E-state index is 12.8. The highest BCUT2D eigenvalue weighted by Crippen LogP contribution is 2.12. The summed E-state index contributed by atoms with van der Waals surface area (Å²) >= 11 is 0. The lowest BCUT2D eigenvalue weighted by molar-refractivity contribution is 0.0515. The molecule has 1 aliphatic rings. The summed E-state index contributed by atoms with van der Waals surface area (Å²) < 4.78 is 5.16. The van der Waals surface area contributed by atoms with E-state index < -0.39 is 0 Å². The van der Waals surface area contributed by atoms with Crippen LogP contribution in [0.3, 0.4) is 0 Å². The van der Waals surface area contributed by atoms with Gasteiger partial charge in [-0.1, -0.05) is 0 Å². The molecule has 0 saturated carbocycles. The Morgan fingerprint density at radius 3 is 2.38 bits per heavy atom. The van der Waals surface area contributed by atoms with Crippen LogP contribution in [0.5, 0.6) is 0 Å². The molecule has 1 saturated heterocycles. The van der Waals surface area contributed by atoms with Crippen LogP contribution in [0.15, 0.2) is 59.6 Å². The van der Waals surface area contributed by atoms with Crippen LogP contribution >= 0.6 is 0 Å². The minimum atomic E-state index is -0.176. The third-order valence-electron chi connectivity index (χ3n) is 4.66. The van der Waals surface area contributed by atoms with Gasteiger partial charge in [0.05, 0.1) is 6.26 Å². The first kappa shape index (κ1) is 18.6. The van der Waals surface area contributed by atoms with Crippen LogP contribution in [-0.2, 0) is 6.54 Å². The van der Waals surface area contributed by atoms with Gasteiger partial charge in [-0.05, 0) is 35.9 Å². The summed E-state index contributed by atoms with van der Waals surface area (Å²) in [7, 11) is 0. The van der Waals surface area contributed by atoms with E-state index in [4.69, 9.17) is 4.42 Å². The molecule has 0 radical (unpaired) electrons. The molecule has 1 N–H and O–H groups in total. The molecule has 9 heteroatoms. The van der Waals surface area contributed by atoms with Crippen molar-refractivity contribution >= 4 is 17.8 Å². The fourth-order valence-electron chi connectivity index (χ4n) is 3.08. The Kier molecular flexibility index (Phi) is 5.46. The van der Waals surface area contributed by atoms with Crippen LogP contribution in [0.1, 0.15) is 26.6 Å². The summed E-state index contributed by atoms with van der Waals surface area (Å²) in [6.45, 7) is 2.31. The maximum atomic E-state index is 12.8. The molecule has 1 aliphatic heterocycles. The third-order valence-corrected chi connectivity index (χ3v) is 4.66. The summed E-state index contributed by atoms with van der Waals surface area (Å²) in [6.07, 6.45) is 6.47. The maximum Gasteiger partial charge on any atom is 0.289 e. The topological polar surface area (TPSA) is 104 Å². The Hall–Kier alpha value is -3.75. The van der Waals surface area contributed by atoms with Gasteiger partial charge < -0.3 is 19.5 Å². The summed E-state index contributed by atoms with van der Waals surface area (Å²) in [6, 6.07) is 8.71. The average Bonchev–Trinajstić information content (AvgIpc) is 3.33. The predicted octanol–water partition coefficient (Wildman–Crippen LogP) is 1.67. The molecule has 2 amide bonds.